The summed E-state index contributed by atoms with van der Waals surface area (Å²) in [7, 11) is 3.82. The lowest BCUT2D eigenvalue weighted by Gasteiger charge is -2.41. The highest BCUT2D eigenvalue weighted by Gasteiger charge is 2.63. The van der Waals surface area contributed by atoms with Gasteiger partial charge in [0.1, 0.15) is 5.70 Å². The van der Waals surface area contributed by atoms with E-state index in [1.54, 1.807) is 47.4 Å². The second-order valence-corrected chi connectivity index (χ2v) is 11.4. The van der Waals surface area contributed by atoms with Gasteiger partial charge < -0.3 is 19.1 Å². The number of esters is 3. The maximum atomic E-state index is 14.1. The van der Waals surface area contributed by atoms with Crippen molar-refractivity contribution >= 4 is 40.9 Å². The molecule has 4 aromatic carbocycles. The maximum Gasteiger partial charge on any atom is 0.355 e. The number of carbonyl (C=O) groups is 3. The first kappa shape index (κ1) is 30.4. The van der Waals surface area contributed by atoms with Gasteiger partial charge in [0.2, 0.25) is 0 Å². The molecule has 0 saturated heterocycles. The molecule has 0 fully saturated rings. The highest BCUT2D eigenvalue weighted by atomic mass is 16.6. The first-order valence-corrected chi connectivity index (χ1v) is 15.0. The van der Waals surface area contributed by atoms with Crippen molar-refractivity contribution in [1.82, 2.24) is 0 Å². The van der Waals surface area contributed by atoms with Crippen LogP contribution in [-0.4, -0.2) is 50.2 Å². The smallest absolute Gasteiger partial charge is 0.355 e. The molecule has 0 N–H and O–H groups in total. The Morgan fingerprint density at radius 1 is 0.750 bits per heavy atom. The topological polar surface area (TPSA) is 125 Å². The van der Waals surface area contributed by atoms with E-state index in [4.69, 9.17) is 14.2 Å². The number of benzene rings is 4. The summed E-state index contributed by atoms with van der Waals surface area (Å²) in [5.41, 5.74) is 3.98. The van der Waals surface area contributed by atoms with E-state index < -0.39 is 34.3 Å². The fourth-order valence-corrected chi connectivity index (χ4v) is 7.45. The quantitative estimate of drug-likeness (QED) is 0.104. The van der Waals surface area contributed by atoms with Crippen LogP contribution in [0.3, 0.4) is 0 Å². The molecule has 0 bridgehead atoms. The van der Waals surface area contributed by atoms with Crippen LogP contribution in [0.4, 0.5) is 11.4 Å². The predicted octanol–water partition coefficient (Wildman–Crippen LogP) is 6.25. The van der Waals surface area contributed by atoms with E-state index in [9.17, 15) is 24.5 Å². The third kappa shape index (κ3) is 4.15. The van der Waals surface area contributed by atoms with Crippen LogP contribution in [0.5, 0.6) is 0 Å². The molecule has 2 atom stereocenters. The van der Waals surface area contributed by atoms with Crippen molar-refractivity contribution in [2.24, 2.45) is 0 Å². The number of fused-ring (bicyclic) bond motifs is 9. The molecule has 1 aliphatic carbocycles. The number of allylic oxidation sites excluding steroid dienone is 2. The summed E-state index contributed by atoms with van der Waals surface area (Å²) in [6, 6.07) is 25.8. The summed E-state index contributed by atoms with van der Waals surface area (Å²) in [6.07, 6.45) is 5.43. The molecule has 3 aliphatic rings. The van der Waals surface area contributed by atoms with Crippen molar-refractivity contribution < 1.29 is 33.5 Å². The van der Waals surface area contributed by atoms with Gasteiger partial charge in [0, 0.05) is 22.9 Å². The number of ether oxygens (including phenoxy) is 3. The minimum absolute atomic E-state index is 0.00546. The molecule has 0 amide bonds. The largest absolute Gasteiger partial charge is 0.466 e. The number of nitro groups is 1. The van der Waals surface area contributed by atoms with Crippen LogP contribution in [0.25, 0.3) is 22.8 Å². The van der Waals surface area contributed by atoms with Crippen molar-refractivity contribution in [3.63, 3.8) is 0 Å². The number of carbonyl (C=O) groups excluding carboxylic acids is 3. The molecule has 0 aromatic heterocycles. The van der Waals surface area contributed by atoms with E-state index in [0.717, 1.165) is 5.56 Å². The van der Waals surface area contributed by atoms with Gasteiger partial charge in [0.15, 0.2) is 0 Å². The number of hydrogen-bond acceptors (Lipinski definition) is 9. The SMILES string of the molecule is COC(=O)C1=C(C(=O)OC)C2(c3ccccc3-c3c(C(=O)OC)cccc32)C2C=C(/C=C/c3ccccc3[N+](=O)[O-])c3ccccc3N12. The summed E-state index contributed by atoms with van der Waals surface area (Å²) in [4.78, 5) is 54.4. The van der Waals surface area contributed by atoms with E-state index in [0.29, 0.717) is 44.6 Å². The van der Waals surface area contributed by atoms with Crippen LogP contribution in [0.1, 0.15) is 32.6 Å². The lowest BCUT2D eigenvalue weighted by Crippen LogP contribution is -2.46. The monoisotopic (exact) mass is 640 g/mol. The number of methoxy groups -OCH3 is 3. The third-order valence-corrected chi connectivity index (χ3v) is 9.27. The number of hydrogen-bond donors (Lipinski definition) is 0. The van der Waals surface area contributed by atoms with Crippen molar-refractivity contribution in [1.29, 1.82) is 0 Å². The lowest BCUT2D eigenvalue weighted by molar-refractivity contribution is -0.385. The molecule has 7 rings (SSSR count). The zero-order valence-corrected chi connectivity index (χ0v) is 26.1. The van der Waals surface area contributed by atoms with E-state index in [2.05, 4.69) is 0 Å². The molecule has 2 heterocycles. The molecule has 10 heteroatoms. The minimum Gasteiger partial charge on any atom is -0.466 e. The Balaban J connectivity index is 1.60. The number of anilines is 1. The molecule has 0 radical (unpaired) electrons. The van der Waals surface area contributed by atoms with Crippen LogP contribution in [-0.2, 0) is 29.2 Å². The number of rotatable bonds is 6. The molecule has 1 spiro atoms. The fourth-order valence-electron chi connectivity index (χ4n) is 7.45. The predicted molar refractivity (Wildman–Crippen MR) is 178 cm³/mol. The molecule has 2 unspecified atom stereocenters. The fraction of sp³-hybridized carbons (Fsp3) is 0.132. The normalized spacial score (nSPS) is 18.5. The number of nitrogens with zero attached hydrogens (tertiary/aromatic N) is 2. The van der Waals surface area contributed by atoms with E-state index in [-0.39, 0.29) is 17.0 Å². The Hall–Kier alpha value is -6.29. The average molecular weight is 641 g/mol. The number of para-hydroxylation sites is 2. The van der Waals surface area contributed by atoms with Crippen molar-refractivity contribution in [2.45, 2.75) is 11.5 Å². The van der Waals surface area contributed by atoms with Crippen molar-refractivity contribution in [2.75, 3.05) is 26.2 Å². The molecule has 0 saturated carbocycles. The van der Waals surface area contributed by atoms with E-state index in [1.165, 1.54) is 27.4 Å². The third-order valence-electron chi connectivity index (χ3n) is 9.27. The van der Waals surface area contributed by atoms with Gasteiger partial charge in [-0.1, -0.05) is 78.9 Å². The van der Waals surface area contributed by atoms with Gasteiger partial charge in [-0.3, -0.25) is 10.1 Å². The molecule has 10 nitrogen and oxygen atoms in total. The van der Waals surface area contributed by atoms with Crippen LogP contribution in [0, 0.1) is 10.1 Å². The Kier molecular flexibility index (Phi) is 7.28. The lowest BCUT2D eigenvalue weighted by atomic mass is 9.67. The summed E-state index contributed by atoms with van der Waals surface area (Å²) in [5, 5.41) is 11.8. The first-order valence-electron chi connectivity index (χ1n) is 15.0. The Morgan fingerprint density at radius 3 is 2.12 bits per heavy atom. The van der Waals surface area contributed by atoms with Gasteiger partial charge in [-0.15, -0.1) is 0 Å². The summed E-state index contributed by atoms with van der Waals surface area (Å²) in [6.45, 7) is 0. The molecule has 238 valence electrons. The van der Waals surface area contributed by atoms with E-state index in [1.807, 2.05) is 60.7 Å². The standard InChI is InChI=1S/C38H28N2O8/c1-46-35(41)26-14-10-16-28-32(26)25-13-5-7-15-27(25)38(28)31-21-23(20-19-22-11-4-8-17-29(22)40(44)45)24-12-6-9-18-30(24)39(31)34(37(43)48-3)33(38)36(42)47-2/h4-21,31H,1-3H3/b20-19+. The summed E-state index contributed by atoms with van der Waals surface area (Å²) < 4.78 is 15.9. The van der Waals surface area contributed by atoms with Crippen LogP contribution >= 0.6 is 0 Å². The van der Waals surface area contributed by atoms with Gasteiger partial charge >= 0.3 is 17.9 Å². The van der Waals surface area contributed by atoms with Gasteiger partial charge in [0.25, 0.3) is 5.69 Å². The van der Waals surface area contributed by atoms with Crippen molar-refractivity contribution in [3.05, 3.63) is 152 Å². The Morgan fingerprint density at radius 2 is 1.40 bits per heavy atom. The maximum absolute atomic E-state index is 14.1. The number of nitro benzene ring substituents is 1. The second-order valence-electron chi connectivity index (χ2n) is 11.4. The second kappa shape index (κ2) is 11.5. The van der Waals surface area contributed by atoms with Crippen LogP contribution < -0.4 is 4.90 Å². The molecular weight excluding hydrogens is 612 g/mol. The minimum atomic E-state index is -1.36. The zero-order valence-electron chi connectivity index (χ0n) is 26.1. The van der Waals surface area contributed by atoms with Gasteiger partial charge in [-0.2, -0.15) is 0 Å². The molecule has 4 aromatic rings. The molecule has 2 aliphatic heterocycles. The van der Waals surface area contributed by atoms with Gasteiger partial charge in [0.05, 0.1) is 54.4 Å². The van der Waals surface area contributed by atoms with E-state index >= 15 is 0 Å². The van der Waals surface area contributed by atoms with Crippen LogP contribution in [0.2, 0.25) is 0 Å². The van der Waals surface area contributed by atoms with Gasteiger partial charge in [-0.25, -0.2) is 14.4 Å². The molecule has 48 heavy (non-hydrogen) atoms. The average Bonchev–Trinajstić information content (AvgIpc) is 3.60. The Bertz CT molecular complexity index is 2160. The Labute approximate surface area is 275 Å². The highest BCUT2D eigenvalue weighted by Crippen LogP contribution is 2.63. The molecular formula is C38H28N2O8. The summed E-state index contributed by atoms with van der Waals surface area (Å²) >= 11 is 0. The highest BCUT2D eigenvalue weighted by molar-refractivity contribution is 6.13. The van der Waals surface area contributed by atoms with Gasteiger partial charge in [-0.05, 0) is 46.5 Å². The van der Waals surface area contributed by atoms with Crippen LogP contribution in [0.15, 0.2) is 114 Å². The van der Waals surface area contributed by atoms with Crippen molar-refractivity contribution in [3.8, 4) is 11.1 Å². The zero-order chi connectivity index (χ0) is 33.7. The first-order chi connectivity index (χ1) is 23.3. The summed E-state index contributed by atoms with van der Waals surface area (Å²) in [5.74, 6) is -2.03.